The van der Waals surface area contributed by atoms with Gasteiger partial charge in [-0.15, -0.1) is 3.89 Å². The summed E-state index contributed by atoms with van der Waals surface area (Å²) < 4.78 is 66.6. The van der Waals surface area contributed by atoms with Crippen molar-refractivity contribution in [3.8, 4) is 0 Å². The van der Waals surface area contributed by atoms with Crippen LogP contribution < -0.4 is 4.72 Å². The van der Waals surface area contributed by atoms with Crippen molar-refractivity contribution in [2.24, 2.45) is 0 Å². The number of sulfonamides is 1. The van der Waals surface area contributed by atoms with Crippen LogP contribution >= 0.6 is 0 Å². The molecule has 1 aromatic carbocycles. The molecule has 20 heavy (non-hydrogen) atoms. The number of benzene rings is 1. The van der Waals surface area contributed by atoms with Crippen LogP contribution in [-0.2, 0) is 25.0 Å². The first-order valence-corrected chi connectivity index (χ1v) is 8.87. The van der Waals surface area contributed by atoms with E-state index in [-0.39, 0.29) is 5.69 Å². The smallest absolute Gasteiger partial charge is 0.334 e. The largest absolute Gasteiger partial charge is 0.381 e. The summed E-state index contributed by atoms with van der Waals surface area (Å²) in [5, 5.41) is -0.674. The standard InChI is InChI=1S/C11H14FNO5S2/c12-19(14,15)11-4-2-1-3-10(11)13-20(16,17)9-5-7-18-8-6-9/h1-4,9,13H,5-8H2. The number of hydrogen-bond acceptors (Lipinski definition) is 5. The van der Waals surface area contributed by atoms with Crippen molar-refractivity contribution in [3.63, 3.8) is 0 Å². The molecule has 0 atom stereocenters. The molecule has 1 fully saturated rings. The van der Waals surface area contributed by atoms with Crippen molar-refractivity contribution < 1.29 is 25.5 Å². The quantitative estimate of drug-likeness (QED) is 0.843. The Morgan fingerprint density at radius 3 is 2.30 bits per heavy atom. The van der Waals surface area contributed by atoms with Crippen LogP contribution in [0.3, 0.4) is 0 Å². The van der Waals surface area contributed by atoms with Gasteiger partial charge in [-0.3, -0.25) is 4.72 Å². The van der Waals surface area contributed by atoms with E-state index in [2.05, 4.69) is 4.72 Å². The van der Waals surface area contributed by atoms with Gasteiger partial charge in [0, 0.05) is 13.2 Å². The summed E-state index contributed by atoms with van der Waals surface area (Å²) >= 11 is 0. The Balaban J connectivity index is 2.30. The molecule has 1 aliphatic rings. The molecule has 0 unspecified atom stereocenters. The molecule has 0 saturated carbocycles. The van der Waals surface area contributed by atoms with E-state index in [1.54, 1.807) is 0 Å². The van der Waals surface area contributed by atoms with E-state index in [0.29, 0.717) is 26.1 Å². The predicted octanol–water partition coefficient (Wildman–Crippen LogP) is 1.27. The van der Waals surface area contributed by atoms with Crippen LogP contribution in [0.2, 0.25) is 0 Å². The van der Waals surface area contributed by atoms with Gasteiger partial charge >= 0.3 is 10.2 Å². The number of nitrogens with one attached hydrogen (secondary N) is 1. The summed E-state index contributed by atoms with van der Waals surface area (Å²) in [5.74, 6) is 0. The van der Waals surface area contributed by atoms with Gasteiger partial charge in [-0.1, -0.05) is 12.1 Å². The highest BCUT2D eigenvalue weighted by atomic mass is 32.3. The number of rotatable bonds is 4. The second kappa shape index (κ2) is 5.66. The molecule has 1 saturated heterocycles. The van der Waals surface area contributed by atoms with Gasteiger partial charge in [0.2, 0.25) is 10.0 Å². The summed E-state index contributed by atoms with van der Waals surface area (Å²) in [4.78, 5) is -0.685. The molecule has 0 amide bonds. The minimum absolute atomic E-state index is 0.276. The molecule has 0 aromatic heterocycles. The average Bonchev–Trinajstić information content (AvgIpc) is 2.39. The van der Waals surface area contributed by atoms with E-state index >= 15 is 0 Å². The number of halogens is 1. The first kappa shape index (κ1) is 15.2. The highest BCUT2D eigenvalue weighted by Crippen LogP contribution is 2.26. The van der Waals surface area contributed by atoms with Crippen LogP contribution in [0, 0.1) is 0 Å². The second-order valence-electron chi connectivity index (χ2n) is 4.39. The molecule has 0 spiro atoms. The Bertz CT molecular complexity index is 681. The van der Waals surface area contributed by atoms with E-state index in [0.717, 1.165) is 6.07 Å². The zero-order valence-corrected chi connectivity index (χ0v) is 12.1. The molecule has 0 aliphatic carbocycles. The Morgan fingerprint density at radius 2 is 1.70 bits per heavy atom. The lowest BCUT2D eigenvalue weighted by Gasteiger charge is -2.23. The molecule has 112 valence electrons. The van der Waals surface area contributed by atoms with Gasteiger partial charge in [0.1, 0.15) is 4.90 Å². The maximum atomic E-state index is 13.1. The van der Waals surface area contributed by atoms with Crippen molar-refractivity contribution in [1.82, 2.24) is 0 Å². The first-order chi connectivity index (χ1) is 9.31. The third kappa shape index (κ3) is 3.47. The molecule has 1 heterocycles. The predicted molar refractivity (Wildman–Crippen MR) is 71.1 cm³/mol. The van der Waals surface area contributed by atoms with Gasteiger partial charge in [0.25, 0.3) is 0 Å². The molecule has 0 radical (unpaired) electrons. The topological polar surface area (TPSA) is 89.5 Å². The van der Waals surface area contributed by atoms with Gasteiger partial charge in [0.05, 0.1) is 10.9 Å². The summed E-state index contributed by atoms with van der Waals surface area (Å²) in [7, 11) is -8.77. The minimum Gasteiger partial charge on any atom is -0.381 e. The molecule has 1 N–H and O–H groups in total. The Labute approximate surface area is 117 Å². The Hall–Kier alpha value is -1.19. The van der Waals surface area contributed by atoms with Crippen molar-refractivity contribution in [1.29, 1.82) is 0 Å². The minimum atomic E-state index is -4.99. The summed E-state index contributed by atoms with van der Waals surface area (Å²) in [6.45, 7) is 0.656. The molecule has 1 aliphatic heterocycles. The Morgan fingerprint density at radius 1 is 1.10 bits per heavy atom. The molecule has 6 nitrogen and oxygen atoms in total. The molecule has 0 bridgehead atoms. The van der Waals surface area contributed by atoms with Crippen LogP contribution in [0.5, 0.6) is 0 Å². The normalized spacial score (nSPS) is 17.9. The fourth-order valence-electron chi connectivity index (χ4n) is 1.99. The summed E-state index contributed by atoms with van der Waals surface area (Å²) in [6, 6.07) is 4.97. The van der Waals surface area contributed by atoms with Crippen LogP contribution in [0.15, 0.2) is 29.2 Å². The third-order valence-electron chi connectivity index (χ3n) is 3.01. The van der Waals surface area contributed by atoms with Crippen LogP contribution in [-0.4, -0.2) is 35.3 Å². The van der Waals surface area contributed by atoms with E-state index in [9.17, 15) is 20.7 Å². The molecule has 1 aromatic rings. The highest BCUT2D eigenvalue weighted by molar-refractivity contribution is 7.93. The van der Waals surface area contributed by atoms with Crippen molar-refractivity contribution in [2.45, 2.75) is 23.0 Å². The summed E-state index contributed by atoms with van der Waals surface area (Å²) in [5.41, 5.74) is -0.276. The fourth-order valence-corrected chi connectivity index (χ4v) is 4.14. The van der Waals surface area contributed by atoms with Gasteiger partial charge in [0.15, 0.2) is 0 Å². The first-order valence-electron chi connectivity index (χ1n) is 5.94. The van der Waals surface area contributed by atoms with Crippen LogP contribution in [0.25, 0.3) is 0 Å². The van der Waals surface area contributed by atoms with E-state index in [1.807, 2.05) is 0 Å². The van der Waals surface area contributed by atoms with Gasteiger partial charge in [-0.2, -0.15) is 8.42 Å². The third-order valence-corrected chi connectivity index (χ3v) is 5.74. The maximum Gasteiger partial charge on any atom is 0.334 e. The van der Waals surface area contributed by atoms with Crippen molar-refractivity contribution in [2.75, 3.05) is 17.9 Å². The monoisotopic (exact) mass is 323 g/mol. The molecule has 2 rings (SSSR count). The van der Waals surface area contributed by atoms with Crippen LogP contribution in [0.1, 0.15) is 12.8 Å². The van der Waals surface area contributed by atoms with E-state index in [4.69, 9.17) is 4.74 Å². The van der Waals surface area contributed by atoms with Crippen LogP contribution in [0.4, 0.5) is 9.57 Å². The lowest BCUT2D eigenvalue weighted by molar-refractivity contribution is 0.0984. The SMILES string of the molecule is O=S(=O)(F)c1ccccc1NS(=O)(=O)C1CCOCC1. The lowest BCUT2D eigenvalue weighted by Crippen LogP contribution is -2.33. The highest BCUT2D eigenvalue weighted by Gasteiger charge is 2.29. The van der Waals surface area contributed by atoms with Gasteiger partial charge in [-0.25, -0.2) is 8.42 Å². The number of ether oxygens (including phenoxy) is 1. The van der Waals surface area contributed by atoms with E-state index in [1.165, 1.54) is 18.2 Å². The maximum absolute atomic E-state index is 13.1. The molecular weight excluding hydrogens is 309 g/mol. The van der Waals surface area contributed by atoms with Crippen molar-refractivity contribution >= 4 is 25.9 Å². The lowest BCUT2D eigenvalue weighted by atomic mass is 10.2. The zero-order chi connectivity index (χ0) is 14.8. The fraction of sp³-hybridized carbons (Fsp3) is 0.455. The van der Waals surface area contributed by atoms with Gasteiger partial charge in [-0.05, 0) is 25.0 Å². The average molecular weight is 323 g/mol. The number of hydrogen-bond donors (Lipinski definition) is 1. The zero-order valence-electron chi connectivity index (χ0n) is 10.5. The Kier molecular flexibility index (Phi) is 4.31. The molecular formula is C11H14FNO5S2. The second-order valence-corrected chi connectivity index (χ2v) is 7.67. The van der Waals surface area contributed by atoms with Gasteiger partial charge < -0.3 is 4.74 Å². The number of anilines is 1. The van der Waals surface area contributed by atoms with E-state index < -0.39 is 30.4 Å². The van der Waals surface area contributed by atoms with Crippen molar-refractivity contribution in [3.05, 3.63) is 24.3 Å². The number of para-hydroxylation sites is 1. The summed E-state index contributed by atoms with van der Waals surface area (Å²) in [6.07, 6.45) is 0.639. The molecule has 9 heteroatoms.